The Balaban J connectivity index is 0.905. The van der Waals surface area contributed by atoms with Crippen LogP contribution in [0.2, 0.25) is 5.02 Å². The minimum absolute atomic E-state index is 0.0890. The van der Waals surface area contributed by atoms with Crippen LogP contribution in [0.1, 0.15) is 55.6 Å². The monoisotopic (exact) mass is 728 g/mol. The summed E-state index contributed by atoms with van der Waals surface area (Å²) in [5, 5.41) is 13.8. The molecule has 0 saturated carbocycles. The van der Waals surface area contributed by atoms with E-state index in [-0.39, 0.29) is 29.4 Å². The minimum atomic E-state index is -0.405. The van der Waals surface area contributed by atoms with Crippen LogP contribution in [-0.2, 0) is 23.2 Å². The zero-order valence-corrected chi connectivity index (χ0v) is 30.5. The van der Waals surface area contributed by atoms with E-state index in [4.69, 9.17) is 16.3 Å². The van der Waals surface area contributed by atoms with Crippen molar-refractivity contribution in [3.63, 3.8) is 0 Å². The second-order valence-electron chi connectivity index (χ2n) is 14.2. The van der Waals surface area contributed by atoms with Gasteiger partial charge in [-0.05, 0) is 73.4 Å². The predicted molar refractivity (Wildman–Crippen MR) is 200 cm³/mol. The van der Waals surface area contributed by atoms with Crippen molar-refractivity contribution in [3.8, 4) is 16.9 Å². The van der Waals surface area contributed by atoms with E-state index in [0.717, 1.165) is 66.5 Å². The summed E-state index contributed by atoms with van der Waals surface area (Å²) in [5.74, 6) is 0.552. The second-order valence-corrected chi connectivity index (χ2v) is 14.6. The number of piperidine rings is 3. The highest BCUT2D eigenvalue weighted by Crippen LogP contribution is 2.37. The lowest BCUT2D eigenvalue weighted by molar-refractivity contribution is -0.133. The number of nitrogens with zero attached hydrogens (tertiary/aromatic N) is 5. The first-order valence-corrected chi connectivity index (χ1v) is 18.3. The Hall–Kier alpha value is -4.88. The number of pyridine rings is 1. The third-order valence-electron chi connectivity index (χ3n) is 11.0. The van der Waals surface area contributed by atoms with E-state index in [1.165, 1.54) is 10.1 Å². The van der Waals surface area contributed by atoms with E-state index in [1.54, 1.807) is 26.6 Å². The van der Waals surface area contributed by atoms with Crippen LogP contribution in [0.5, 0.6) is 5.75 Å². The van der Waals surface area contributed by atoms with Gasteiger partial charge in [-0.3, -0.25) is 29.7 Å². The number of methoxy groups -OCH3 is 1. The number of aromatic amines is 1. The fraction of sp³-hybridized carbons (Fsp3) is 0.447. The molecule has 3 fully saturated rings. The first kappa shape index (κ1) is 35.5. The number of imide groups is 1. The van der Waals surface area contributed by atoms with Crippen LogP contribution in [0, 0.1) is 0 Å². The van der Waals surface area contributed by atoms with Gasteiger partial charge >= 0.3 is 6.03 Å². The van der Waals surface area contributed by atoms with Crippen LogP contribution in [0.3, 0.4) is 0 Å². The number of aryl methyl sites for hydroxylation is 1. The SMILES string of the molecule is COc1cc(-c2cn(C)c(=O)c3[nH]ncc23)cc(Cl)c1CN1CCC(N(C)C(=O)N2CCC(c3ccc(NC4CCC(=O)NC4=O)cc3)CC2)CC1. The molecule has 4 aromatic rings. The summed E-state index contributed by atoms with van der Waals surface area (Å²) >= 11 is 6.90. The molecule has 0 spiro atoms. The number of urea groups is 1. The van der Waals surface area contributed by atoms with Gasteiger partial charge in [0.05, 0.1) is 13.3 Å². The molecule has 5 heterocycles. The molecule has 52 heavy (non-hydrogen) atoms. The van der Waals surface area contributed by atoms with Gasteiger partial charge in [-0.2, -0.15) is 5.10 Å². The standard InChI is InChI=1S/C38H45ClN8O5/c1-44-21-29(28-20-40-43-35(28)37(44)50)25-18-31(39)30(33(19-25)52-3)22-46-14-12-27(13-15-46)45(2)38(51)47-16-10-24(11-17-47)23-4-6-26(7-5-23)41-32-8-9-34(48)42-36(32)49/h4-7,18-21,24,27,32,41H,8-17,22H2,1-3H3,(H,40,43)(H,42,48,49). The molecule has 2 aromatic heterocycles. The van der Waals surface area contributed by atoms with E-state index in [0.29, 0.717) is 54.7 Å². The van der Waals surface area contributed by atoms with E-state index in [1.807, 2.05) is 41.1 Å². The Morgan fingerprint density at radius 3 is 2.46 bits per heavy atom. The number of ether oxygens (including phenoxy) is 1. The summed E-state index contributed by atoms with van der Waals surface area (Å²) in [4.78, 5) is 56.0. The second kappa shape index (κ2) is 15.0. The zero-order valence-electron chi connectivity index (χ0n) is 29.8. The largest absolute Gasteiger partial charge is 0.496 e. The molecule has 4 amide bonds. The number of benzene rings is 2. The van der Waals surface area contributed by atoms with Crippen molar-refractivity contribution in [2.45, 2.75) is 63.1 Å². The number of fused-ring (bicyclic) bond motifs is 1. The Morgan fingerprint density at radius 1 is 1.04 bits per heavy atom. The first-order chi connectivity index (χ1) is 25.1. The van der Waals surface area contributed by atoms with Crippen molar-refractivity contribution >= 4 is 46.0 Å². The quantitative estimate of drug-likeness (QED) is 0.222. The molecule has 3 aliphatic heterocycles. The summed E-state index contributed by atoms with van der Waals surface area (Å²) in [6.07, 6.45) is 7.81. The predicted octanol–water partition coefficient (Wildman–Crippen LogP) is 4.70. The number of nitrogens with one attached hydrogen (secondary N) is 3. The summed E-state index contributed by atoms with van der Waals surface area (Å²) in [6.45, 7) is 3.71. The third-order valence-corrected chi connectivity index (χ3v) is 11.3. The molecular weight excluding hydrogens is 684 g/mol. The molecule has 7 rings (SSSR count). The molecule has 3 saturated heterocycles. The number of carbonyl (C=O) groups excluding carboxylic acids is 3. The van der Waals surface area contributed by atoms with E-state index < -0.39 is 6.04 Å². The van der Waals surface area contributed by atoms with Gasteiger partial charge in [-0.25, -0.2) is 4.79 Å². The molecule has 14 heteroatoms. The van der Waals surface area contributed by atoms with Crippen LogP contribution in [0.15, 0.2) is 53.6 Å². The third kappa shape index (κ3) is 7.24. The molecule has 274 valence electrons. The number of amides is 4. The van der Waals surface area contributed by atoms with Gasteiger partial charge < -0.3 is 24.4 Å². The molecule has 1 unspecified atom stereocenters. The fourth-order valence-corrected chi connectivity index (χ4v) is 8.11. The van der Waals surface area contributed by atoms with Crippen molar-refractivity contribution in [3.05, 3.63) is 75.3 Å². The molecule has 0 aliphatic carbocycles. The number of H-pyrrole nitrogens is 1. The molecule has 13 nitrogen and oxygen atoms in total. The molecule has 3 aliphatic rings. The summed E-state index contributed by atoms with van der Waals surface area (Å²) < 4.78 is 7.36. The average Bonchev–Trinajstić information content (AvgIpc) is 3.66. The fourth-order valence-electron chi connectivity index (χ4n) is 7.84. The number of rotatable bonds is 8. The summed E-state index contributed by atoms with van der Waals surface area (Å²) in [6, 6.07) is 11.9. The zero-order chi connectivity index (χ0) is 36.5. The number of anilines is 1. The smallest absolute Gasteiger partial charge is 0.319 e. The van der Waals surface area contributed by atoms with Crippen molar-refractivity contribution in [1.29, 1.82) is 0 Å². The van der Waals surface area contributed by atoms with E-state index in [9.17, 15) is 19.2 Å². The molecule has 0 radical (unpaired) electrons. The normalized spacial score (nSPS) is 19.2. The molecule has 0 bridgehead atoms. The van der Waals surface area contributed by atoms with Crippen molar-refractivity contribution < 1.29 is 19.1 Å². The lowest BCUT2D eigenvalue weighted by atomic mass is 9.89. The lowest BCUT2D eigenvalue weighted by Crippen LogP contribution is -2.51. The maximum atomic E-state index is 13.6. The Kier molecular flexibility index (Phi) is 10.2. The van der Waals surface area contributed by atoms with Crippen molar-refractivity contribution in [2.24, 2.45) is 7.05 Å². The summed E-state index contributed by atoms with van der Waals surface area (Å²) in [5.41, 5.74) is 4.97. The number of likely N-dealkylation sites (tertiary alicyclic amines) is 2. The van der Waals surface area contributed by atoms with Crippen LogP contribution < -0.4 is 20.9 Å². The first-order valence-electron chi connectivity index (χ1n) is 17.9. The molecule has 1 atom stereocenters. The van der Waals surface area contributed by atoms with Gasteiger partial charge in [-0.15, -0.1) is 0 Å². The molecular formula is C38H45ClN8O5. The Bertz CT molecular complexity index is 2030. The van der Waals surface area contributed by atoms with Gasteiger partial charge in [0.2, 0.25) is 11.8 Å². The molecule has 2 aromatic carbocycles. The number of hydrogen-bond acceptors (Lipinski definition) is 8. The highest BCUT2D eigenvalue weighted by atomic mass is 35.5. The van der Waals surface area contributed by atoms with Crippen LogP contribution in [0.25, 0.3) is 22.0 Å². The van der Waals surface area contributed by atoms with Gasteiger partial charge in [0.25, 0.3) is 5.56 Å². The van der Waals surface area contributed by atoms with Gasteiger partial charge in [-0.1, -0.05) is 23.7 Å². The average molecular weight is 729 g/mol. The Labute approximate surface area is 307 Å². The highest BCUT2D eigenvalue weighted by Gasteiger charge is 2.32. The van der Waals surface area contributed by atoms with E-state index >= 15 is 0 Å². The van der Waals surface area contributed by atoms with Gasteiger partial charge in [0.1, 0.15) is 17.3 Å². The maximum Gasteiger partial charge on any atom is 0.319 e. The van der Waals surface area contributed by atoms with Crippen LogP contribution in [-0.4, -0.2) is 99.7 Å². The van der Waals surface area contributed by atoms with Gasteiger partial charge in [0.15, 0.2) is 0 Å². The van der Waals surface area contributed by atoms with E-state index in [2.05, 4.69) is 37.9 Å². The van der Waals surface area contributed by atoms with Crippen LogP contribution >= 0.6 is 11.6 Å². The van der Waals surface area contributed by atoms with Crippen molar-refractivity contribution in [1.82, 2.24) is 34.8 Å². The van der Waals surface area contributed by atoms with Gasteiger partial charge in [0, 0.05) is 92.7 Å². The minimum Gasteiger partial charge on any atom is -0.496 e. The van der Waals surface area contributed by atoms with Crippen LogP contribution in [0.4, 0.5) is 10.5 Å². The number of hydrogen-bond donors (Lipinski definition) is 3. The lowest BCUT2D eigenvalue weighted by Gasteiger charge is -2.40. The number of carbonyl (C=O) groups is 3. The highest BCUT2D eigenvalue weighted by molar-refractivity contribution is 6.32. The molecule has 3 N–H and O–H groups in total. The maximum absolute atomic E-state index is 13.6. The Morgan fingerprint density at radius 2 is 1.77 bits per heavy atom. The van der Waals surface area contributed by atoms with Crippen molar-refractivity contribution in [2.75, 3.05) is 45.7 Å². The number of aromatic nitrogens is 3. The topological polar surface area (TPSA) is 145 Å². The number of halogens is 1. The summed E-state index contributed by atoms with van der Waals surface area (Å²) in [7, 11) is 5.28.